The third-order valence-electron chi connectivity index (χ3n) is 5.88. The number of benzene rings is 2. The van der Waals surface area contributed by atoms with E-state index in [0.717, 1.165) is 22.0 Å². The number of piperidine rings is 1. The van der Waals surface area contributed by atoms with E-state index in [0.29, 0.717) is 24.1 Å². The largest absolute Gasteiger partial charge is 0.326 e. The highest BCUT2D eigenvalue weighted by molar-refractivity contribution is 7.89. The fourth-order valence-corrected chi connectivity index (χ4v) is 6.22. The Morgan fingerprint density at radius 2 is 1.70 bits per heavy atom. The van der Waals surface area contributed by atoms with Gasteiger partial charge >= 0.3 is 0 Å². The zero-order valence-corrected chi connectivity index (χ0v) is 20.6. The molecule has 8 nitrogen and oxygen atoms in total. The lowest BCUT2D eigenvalue weighted by Crippen LogP contribution is -2.43. The van der Waals surface area contributed by atoms with Crippen LogP contribution in [-0.4, -0.2) is 58.5 Å². The van der Waals surface area contributed by atoms with Gasteiger partial charge in [0, 0.05) is 32.9 Å². The van der Waals surface area contributed by atoms with Crippen LogP contribution >= 0.6 is 0 Å². The summed E-state index contributed by atoms with van der Waals surface area (Å²) in [6.45, 7) is 3.79. The minimum Gasteiger partial charge on any atom is -0.326 e. The molecule has 180 valence electrons. The van der Waals surface area contributed by atoms with E-state index in [1.807, 2.05) is 0 Å². The minimum atomic E-state index is -3.87. The first-order chi connectivity index (χ1) is 15.3. The van der Waals surface area contributed by atoms with Gasteiger partial charge in [0.15, 0.2) is 0 Å². The SMILES string of the molecule is Cc1cc(S(=O)(=O)N(C)C)cc(NC(=O)C2CCCN(S(=O)(=O)c3ccc(F)cc3)C2)c1C. The van der Waals surface area contributed by atoms with E-state index in [1.165, 1.54) is 36.6 Å². The summed E-state index contributed by atoms with van der Waals surface area (Å²) in [6, 6.07) is 7.56. The van der Waals surface area contributed by atoms with Gasteiger partial charge < -0.3 is 5.32 Å². The first-order valence-corrected chi connectivity index (χ1v) is 13.3. The molecule has 0 saturated carbocycles. The van der Waals surface area contributed by atoms with Crippen molar-refractivity contribution >= 4 is 31.6 Å². The summed E-state index contributed by atoms with van der Waals surface area (Å²) < 4.78 is 66.5. The molecular weight excluding hydrogens is 469 g/mol. The zero-order valence-electron chi connectivity index (χ0n) is 19.0. The Labute approximate surface area is 194 Å². The van der Waals surface area contributed by atoms with Crippen LogP contribution in [0.4, 0.5) is 10.1 Å². The fraction of sp³-hybridized carbons (Fsp3) is 0.409. The molecule has 2 aromatic rings. The average molecular weight is 498 g/mol. The molecule has 33 heavy (non-hydrogen) atoms. The molecule has 0 bridgehead atoms. The summed E-state index contributed by atoms with van der Waals surface area (Å²) in [6.07, 6.45) is 0.987. The van der Waals surface area contributed by atoms with Crippen LogP contribution in [0.1, 0.15) is 24.0 Å². The predicted octanol–water partition coefficient (Wildman–Crippen LogP) is 2.73. The maximum atomic E-state index is 13.2. The van der Waals surface area contributed by atoms with Crippen LogP contribution in [0.3, 0.4) is 0 Å². The topological polar surface area (TPSA) is 104 Å². The molecule has 1 aliphatic heterocycles. The fourth-order valence-electron chi connectivity index (χ4n) is 3.68. The first-order valence-electron chi connectivity index (χ1n) is 10.4. The van der Waals surface area contributed by atoms with Crippen LogP contribution in [0.5, 0.6) is 0 Å². The lowest BCUT2D eigenvalue weighted by Gasteiger charge is -2.31. The molecule has 1 aliphatic rings. The van der Waals surface area contributed by atoms with E-state index in [1.54, 1.807) is 19.9 Å². The molecule has 0 aromatic heterocycles. The Bertz CT molecular complexity index is 1260. The molecule has 0 spiro atoms. The average Bonchev–Trinajstić information content (AvgIpc) is 2.76. The highest BCUT2D eigenvalue weighted by Gasteiger charge is 2.33. The Morgan fingerprint density at radius 3 is 2.30 bits per heavy atom. The summed E-state index contributed by atoms with van der Waals surface area (Å²) in [4.78, 5) is 13.1. The maximum absolute atomic E-state index is 13.2. The van der Waals surface area contributed by atoms with Gasteiger partial charge in [-0.3, -0.25) is 4.79 Å². The molecule has 0 radical (unpaired) electrons. The quantitative estimate of drug-likeness (QED) is 0.661. The Morgan fingerprint density at radius 1 is 1.06 bits per heavy atom. The minimum absolute atomic E-state index is 0.0146. The summed E-state index contributed by atoms with van der Waals surface area (Å²) in [5.74, 6) is -1.52. The maximum Gasteiger partial charge on any atom is 0.243 e. The van der Waals surface area contributed by atoms with Gasteiger partial charge in [0.2, 0.25) is 26.0 Å². The third kappa shape index (κ3) is 5.26. The van der Waals surface area contributed by atoms with Gasteiger partial charge in [-0.2, -0.15) is 4.31 Å². The van der Waals surface area contributed by atoms with Gasteiger partial charge in [0.1, 0.15) is 5.82 Å². The van der Waals surface area contributed by atoms with Crippen molar-refractivity contribution in [3.63, 3.8) is 0 Å². The monoisotopic (exact) mass is 497 g/mol. The highest BCUT2D eigenvalue weighted by Crippen LogP contribution is 2.28. The number of sulfonamides is 2. The number of rotatable bonds is 6. The summed E-state index contributed by atoms with van der Waals surface area (Å²) in [5, 5.41) is 2.80. The van der Waals surface area contributed by atoms with Crippen molar-refractivity contribution in [1.29, 1.82) is 0 Å². The van der Waals surface area contributed by atoms with Crippen molar-refractivity contribution in [2.45, 2.75) is 36.5 Å². The molecule has 1 unspecified atom stereocenters. The summed E-state index contributed by atoms with van der Waals surface area (Å²) in [7, 11) is -4.70. The van der Waals surface area contributed by atoms with E-state index in [-0.39, 0.29) is 28.8 Å². The van der Waals surface area contributed by atoms with E-state index in [9.17, 15) is 26.0 Å². The number of anilines is 1. The Hall–Kier alpha value is -2.34. The number of carbonyl (C=O) groups excluding carboxylic acids is 1. The van der Waals surface area contributed by atoms with Crippen LogP contribution in [0.25, 0.3) is 0 Å². The molecule has 1 amide bonds. The van der Waals surface area contributed by atoms with Gasteiger partial charge in [-0.05, 0) is 74.2 Å². The lowest BCUT2D eigenvalue weighted by molar-refractivity contribution is -0.120. The number of carbonyl (C=O) groups is 1. The first kappa shape index (κ1) is 25.3. The van der Waals surface area contributed by atoms with E-state index >= 15 is 0 Å². The third-order valence-corrected chi connectivity index (χ3v) is 9.56. The second-order valence-electron chi connectivity index (χ2n) is 8.35. The van der Waals surface area contributed by atoms with Crippen molar-refractivity contribution in [2.75, 3.05) is 32.5 Å². The van der Waals surface area contributed by atoms with Gasteiger partial charge in [-0.25, -0.2) is 25.5 Å². The number of nitrogens with one attached hydrogen (secondary N) is 1. The van der Waals surface area contributed by atoms with E-state index < -0.39 is 31.8 Å². The van der Waals surface area contributed by atoms with Crippen molar-refractivity contribution in [3.8, 4) is 0 Å². The van der Waals surface area contributed by atoms with Gasteiger partial charge in [0.25, 0.3) is 0 Å². The molecule has 11 heteroatoms. The molecule has 1 saturated heterocycles. The number of hydrogen-bond donors (Lipinski definition) is 1. The van der Waals surface area contributed by atoms with Crippen molar-refractivity contribution in [2.24, 2.45) is 5.92 Å². The lowest BCUT2D eigenvalue weighted by atomic mass is 9.98. The summed E-state index contributed by atoms with van der Waals surface area (Å²) in [5.41, 5.74) is 1.81. The van der Waals surface area contributed by atoms with Gasteiger partial charge in [-0.1, -0.05) is 0 Å². The van der Waals surface area contributed by atoms with Crippen LogP contribution in [-0.2, 0) is 24.8 Å². The number of amides is 1. The molecule has 0 aliphatic carbocycles. The van der Waals surface area contributed by atoms with Crippen LogP contribution in [0.15, 0.2) is 46.2 Å². The smallest absolute Gasteiger partial charge is 0.243 e. The predicted molar refractivity (Wildman–Crippen MR) is 123 cm³/mol. The Kier molecular flexibility index (Phi) is 7.27. The normalized spacial score (nSPS) is 17.8. The number of nitrogens with zero attached hydrogens (tertiary/aromatic N) is 2. The number of hydrogen-bond acceptors (Lipinski definition) is 5. The molecular formula is C22H28FN3O5S2. The van der Waals surface area contributed by atoms with Gasteiger partial charge in [0.05, 0.1) is 15.7 Å². The van der Waals surface area contributed by atoms with Crippen LogP contribution < -0.4 is 5.32 Å². The molecule has 1 N–H and O–H groups in total. The van der Waals surface area contributed by atoms with Crippen molar-refractivity contribution < 1.29 is 26.0 Å². The van der Waals surface area contributed by atoms with Gasteiger partial charge in [-0.15, -0.1) is 0 Å². The highest BCUT2D eigenvalue weighted by atomic mass is 32.2. The number of halogens is 1. The molecule has 2 aromatic carbocycles. The standard InChI is InChI=1S/C22H28FN3O5S2/c1-15-12-20(32(28,29)25(3)4)13-21(16(15)2)24-22(27)17-6-5-11-26(14-17)33(30,31)19-9-7-18(23)8-10-19/h7-10,12-13,17H,5-6,11,14H2,1-4H3,(H,24,27). The molecule has 1 fully saturated rings. The second kappa shape index (κ2) is 9.49. The second-order valence-corrected chi connectivity index (χ2v) is 12.4. The molecule has 1 heterocycles. The van der Waals surface area contributed by atoms with Crippen molar-refractivity contribution in [3.05, 3.63) is 53.3 Å². The summed E-state index contributed by atoms with van der Waals surface area (Å²) >= 11 is 0. The number of aryl methyl sites for hydroxylation is 1. The van der Waals surface area contributed by atoms with Crippen LogP contribution in [0.2, 0.25) is 0 Å². The Balaban J connectivity index is 1.82. The van der Waals surface area contributed by atoms with E-state index in [2.05, 4.69) is 5.32 Å². The van der Waals surface area contributed by atoms with E-state index in [4.69, 9.17) is 0 Å². The molecule has 1 atom stereocenters. The van der Waals surface area contributed by atoms with Crippen LogP contribution in [0, 0.1) is 25.6 Å². The van der Waals surface area contributed by atoms with Crippen molar-refractivity contribution in [1.82, 2.24) is 8.61 Å². The zero-order chi connectivity index (χ0) is 24.6. The molecule has 3 rings (SSSR count).